The van der Waals surface area contributed by atoms with E-state index in [1.807, 2.05) is 30.9 Å². The zero-order valence-electron chi connectivity index (χ0n) is 16.0. The number of ether oxygens (including phenoxy) is 2. The summed E-state index contributed by atoms with van der Waals surface area (Å²) in [5.74, 6) is 0.904. The van der Waals surface area contributed by atoms with Crippen LogP contribution in [0.2, 0.25) is 0 Å². The van der Waals surface area contributed by atoms with Gasteiger partial charge in [-0.25, -0.2) is 0 Å². The second kappa shape index (κ2) is 7.96. The molecule has 0 amide bonds. The van der Waals surface area contributed by atoms with Crippen LogP contribution < -0.4 is 9.47 Å². The quantitative estimate of drug-likeness (QED) is 0.788. The van der Waals surface area contributed by atoms with E-state index in [0.717, 1.165) is 5.56 Å². The van der Waals surface area contributed by atoms with E-state index in [2.05, 4.69) is 10.1 Å². The van der Waals surface area contributed by atoms with Crippen LogP contribution in [0.3, 0.4) is 0 Å². The number of hydrogen-bond acceptors (Lipinski definition) is 7. The van der Waals surface area contributed by atoms with E-state index in [-0.39, 0.29) is 11.8 Å². The fourth-order valence-electron chi connectivity index (χ4n) is 3.54. The summed E-state index contributed by atoms with van der Waals surface area (Å²) in [6.07, 6.45) is 0. The van der Waals surface area contributed by atoms with Gasteiger partial charge in [0.15, 0.2) is 17.3 Å². The van der Waals surface area contributed by atoms with Crippen LogP contribution >= 0.6 is 0 Å². The smallest absolute Gasteiger partial charge is 0.308 e. The second-order valence-corrected chi connectivity index (χ2v) is 7.03. The molecule has 1 aromatic heterocycles. The number of para-hydroxylation sites is 1. The Labute approximate surface area is 158 Å². The minimum absolute atomic E-state index is 0.182. The van der Waals surface area contributed by atoms with Crippen LogP contribution in [-0.2, 0) is 11.3 Å². The van der Waals surface area contributed by atoms with Crippen molar-refractivity contribution < 1.29 is 23.9 Å². The lowest BCUT2D eigenvalue weighted by Crippen LogP contribution is -2.23. The summed E-state index contributed by atoms with van der Waals surface area (Å²) in [6, 6.07) is 5.55. The number of methoxy groups -OCH3 is 2. The van der Waals surface area contributed by atoms with Crippen molar-refractivity contribution in [1.82, 2.24) is 15.0 Å². The predicted octanol–water partition coefficient (Wildman–Crippen LogP) is 2.51. The lowest BCUT2D eigenvalue weighted by Gasteiger charge is -2.20. The molecule has 27 heavy (non-hydrogen) atoms. The van der Waals surface area contributed by atoms with Crippen molar-refractivity contribution >= 4 is 5.97 Å². The highest BCUT2D eigenvalue weighted by Gasteiger charge is 2.40. The maximum Gasteiger partial charge on any atom is 0.308 e. The molecule has 2 atom stereocenters. The SMILES string of the molecule is COc1cccc([C@H]2CN(Cc3nc(C(C)C)no3)C[C@@H]2C(=O)O)c1OC. The molecule has 146 valence electrons. The Morgan fingerprint density at radius 3 is 2.70 bits per heavy atom. The minimum Gasteiger partial charge on any atom is -0.493 e. The Morgan fingerprint density at radius 2 is 2.11 bits per heavy atom. The normalized spacial score (nSPS) is 20.2. The van der Waals surface area contributed by atoms with Gasteiger partial charge >= 0.3 is 5.97 Å². The molecule has 8 heteroatoms. The van der Waals surface area contributed by atoms with E-state index in [1.165, 1.54) is 0 Å². The first kappa shape index (κ1) is 19.2. The van der Waals surface area contributed by atoms with E-state index in [1.54, 1.807) is 20.3 Å². The molecule has 2 aromatic rings. The standard InChI is InChI=1S/C19H25N3O5/c1-11(2)18-20-16(27-21-18)10-22-8-13(14(9-22)19(23)24)12-6-5-7-15(25-3)17(12)26-4/h5-7,11,13-14H,8-10H2,1-4H3,(H,23,24)/t13-,14+/m1/s1. The van der Waals surface area contributed by atoms with E-state index < -0.39 is 11.9 Å². The highest BCUT2D eigenvalue weighted by Crippen LogP contribution is 2.42. The van der Waals surface area contributed by atoms with Gasteiger partial charge in [0.05, 0.1) is 26.7 Å². The molecule has 0 radical (unpaired) electrons. The summed E-state index contributed by atoms with van der Waals surface area (Å²) < 4.78 is 16.2. The molecular formula is C19H25N3O5. The number of benzene rings is 1. The summed E-state index contributed by atoms with van der Waals surface area (Å²) in [6.45, 7) is 5.37. The zero-order valence-corrected chi connectivity index (χ0v) is 16.0. The van der Waals surface area contributed by atoms with Gasteiger partial charge in [-0.05, 0) is 6.07 Å². The van der Waals surface area contributed by atoms with Crippen molar-refractivity contribution in [3.8, 4) is 11.5 Å². The number of carboxylic acid groups (broad SMARTS) is 1. The molecule has 1 aromatic carbocycles. The molecule has 1 N–H and O–H groups in total. The van der Waals surface area contributed by atoms with Crippen LogP contribution in [0, 0.1) is 5.92 Å². The van der Waals surface area contributed by atoms with Crippen LogP contribution in [-0.4, -0.2) is 53.4 Å². The molecule has 0 aliphatic carbocycles. The van der Waals surface area contributed by atoms with Crippen molar-refractivity contribution in [3.05, 3.63) is 35.5 Å². The average Bonchev–Trinajstić information content (AvgIpc) is 3.28. The Morgan fingerprint density at radius 1 is 1.33 bits per heavy atom. The lowest BCUT2D eigenvalue weighted by atomic mass is 9.88. The maximum atomic E-state index is 11.9. The van der Waals surface area contributed by atoms with E-state index in [4.69, 9.17) is 14.0 Å². The first-order chi connectivity index (χ1) is 12.9. The highest BCUT2D eigenvalue weighted by atomic mass is 16.5. The van der Waals surface area contributed by atoms with E-state index in [9.17, 15) is 9.90 Å². The number of aromatic nitrogens is 2. The van der Waals surface area contributed by atoms with Gasteiger partial charge in [-0.3, -0.25) is 9.69 Å². The third-order valence-corrected chi connectivity index (χ3v) is 4.90. The van der Waals surface area contributed by atoms with Gasteiger partial charge in [0.25, 0.3) is 0 Å². The van der Waals surface area contributed by atoms with Crippen LogP contribution in [0.1, 0.15) is 43.0 Å². The number of nitrogens with zero attached hydrogens (tertiary/aromatic N) is 3. The minimum atomic E-state index is -0.833. The summed E-state index contributed by atoms with van der Waals surface area (Å²) >= 11 is 0. The number of rotatable bonds is 7. The van der Waals surface area contributed by atoms with Crippen molar-refractivity contribution in [2.75, 3.05) is 27.3 Å². The maximum absolute atomic E-state index is 11.9. The van der Waals surface area contributed by atoms with Gasteiger partial charge in [-0.1, -0.05) is 31.1 Å². The molecule has 1 aliphatic heterocycles. The monoisotopic (exact) mass is 375 g/mol. The number of hydrogen-bond donors (Lipinski definition) is 1. The molecule has 1 saturated heterocycles. The first-order valence-corrected chi connectivity index (χ1v) is 8.93. The highest BCUT2D eigenvalue weighted by molar-refractivity contribution is 5.73. The molecule has 1 aliphatic rings. The molecule has 0 bridgehead atoms. The second-order valence-electron chi connectivity index (χ2n) is 7.03. The Kier molecular flexibility index (Phi) is 5.65. The summed E-state index contributed by atoms with van der Waals surface area (Å²) in [5, 5.41) is 13.7. The number of carbonyl (C=O) groups is 1. The zero-order chi connectivity index (χ0) is 19.6. The van der Waals surface area contributed by atoms with E-state index >= 15 is 0 Å². The molecule has 2 heterocycles. The van der Waals surface area contributed by atoms with Crippen molar-refractivity contribution in [2.24, 2.45) is 5.92 Å². The summed E-state index contributed by atoms with van der Waals surface area (Å²) in [5.41, 5.74) is 0.833. The van der Waals surface area contributed by atoms with Gasteiger partial charge < -0.3 is 19.1 Å². The predicted molar refractivity (Wildman–Crippen MR) is 97.1 cm³/mol. The van der Waals surface area contributed by atoms with Gasteiger partial charge in [0, 0.05) is 30.5 Å². The third kappa shape index (κ3) is 3.90. The summed E-state index contributed by atoms with van der Waals surface area (Å²) in [4.78, 5) is 18.3. The van der Waals surface area contributed by atoms with Gasteiger partial charge in [0.1, 0.15) is 0 Å². The van der Waals surface area contributed by atoms with Crippen molar-refractivity contribution in [1.29, 1.82) is 0 Å². The molecule has 1 fully saturated rings. The average molecular weight is 375 g/mol. The van der Waals surface area contributed by atoms with Crippen molar-refractivity contribution in [3.63, 3.8) is 0 Å². The number of carboxylic acids is 1. The largest absolute Gasteiger partial charge is 0.493 e. The van der Waals surface area contributed by atoms with Gasteiger partial charge in [-0.2, -0.15) is 4.98 Å². The Bertz CT molecular complexity index is 804. The molecule has 3 rings (SSSR count). The van der Waals surface area contributed by atoms with Crippen molar-refractivity contribution in [2.45, 2.75) is 32.2 Å². The fraction of sp³-hybridized carbons (Fsp3) is 0.526. The summed E-state index contributed by atoms with van der Waals surface area (Å²) in [7, 11) is 3.13. The lowest BCUT2D eigenvalue weighted by molar-refractivity contribution is -0.141. The topological polar surface area (TPSA) is 97.9 Å². The van der Waals surface area contributed by atoms with E-state index in [0.29, 0.717) is 42.8 Å². The van der Waals surface area contributed by atoms with Gasteiger partial charge in [0.2, 0.25) is 5.89 Å². The number of aliphatic carboxylic acids is 1. The molecule has 0 spiro atoms. The van der Waals surface area contributed by atoms with Gasteiger partial charge in [-0.15, -0.1) is 0 Å². The molecular weight excluding hydrogens is 350 g/mol. The third-order valence-electron chi connectivity index (χ3n) is 4.90. The Balaban J connectivity index is 1.84. The number of likely N-dealkylation sites (tertiary alicyclic amines) is 1. The molecule has 8 nitrogen and oxygen atoms in total. The van der Waals surface area contributed by atoms with Crippen LogP contribution in [0.25, 0.3) is 0 Å². The molecule has 0 unspecified atom stereocenters. The van der Waals surface area contributed by atoms with Crippen LogP contribution in [0.15, 0.2) is 22.7 Å². The molecule has 0 saturated carbocycles. The fourth-order valence-corrected chi connectivity index (χ4v) is 3.54. The Hall–Kier alpha value is -2.61. The van der Waals surface area contributed by atoms with Crippen LogP contribution in [0.4, 0.5) is 0 Å². The van der Waals surface area contributed by atoms with Crippen LogP contribution in [0.5, 0.6) is 11.5 Å². The first-order valence-electron chi connectivity index (χ1n) is 8.93.